The third-order valence-corrected chi connectivity index (χ3v) is 2.04. The molecule has 0 amide bonds. The van der Waals surface area contributed by atoms with Crippen molar-refractivity contribution in [3.8, 4) is 6.07 Å². The number of anilines is 1. The van der Waals surface area contributed by atoms with Gasteiger partial charge in [-0.25, -0.2) is 0 Å². The maximum absolute atomic E-state index is 8.64. The Morgan fingerprint density at radius 3 is 2.86 bits per heavy atom. The van der Waals surface area contributed by atoms with Gasteiger partial charge >= 0.3 is 0 Å². The van der Waals surface area contributed by atoms with Crippen LogP contribution in [-0.4, -0.2) is 20.5 Å². The van der Waals surface area contributed by atoms with Crippen LogP contribution in [0.5, 0.6) is 0 Å². The molecule has 0 unspecified atom stereocenters. The monoisotopic (exact) mass is 252 g/mol. The van der Waals surface area contributed by atoms with Gasteiger partial charge in [0.15, 0.2) is 3.79 Å². The summed E-state index contributed by atoms with van der Waals surface area (Å²) in [7, 11) is 0. The average Bonchev–Trinajstić information content (AvgIpc) is 2.49. The summed E-state index contributed by atoms with van der Waals surface area (Å²) in [6, 6.07) is 1.97. The molecular formula is C7H7Cl3N4. The van der Waals surface area contributed by atoms with Crippen molar-refractivity contribution in [1.29, 1.82) is 5.26 Å². The molecule has 0 aliphatic heterocycles. The Labute approximate surface area is 96.1 Å². The van der Waals surface area contributed by atoms with Gasteiger partial charge in [0.25, 0.3) is 0 Å². The molecule has 0 aromatic carbocycles. The molecule has 4 nitrogen and oxygen atoms in total. The van der Waals surface area contributed by atoms with Gasteiger partial charge in [0.1, 0.15) is 17.5 Å². The molecule has 0 aliphatic rings. The fourth-order valence-corrected chi connectivity index (χ4v) is 1.12. The number of nitriles is 1. The molecule has 0 saturated heterocycles. The van der Waals surface area contributed by atoms with Gasteiger partial charge in [-0.1, -0.05) is 34.8 Å². The first-order valence-corrected chi connectivity index (χ1v) is 4.90. The largest absolute Gasteiger partial charge is 0.369 e. The van der Waals surface area contributed by atoms with Crippen LogP contribution in [0.4, 0.5) is 5.82 Å². The first-order chi connectivity index (χ1) is 6.53. The van der Waals surface area contributed by atoms with Crippen molar-refractivity contribution in [3.63, 3.8) is 0 Å². The van der Waals surface area contributed by atoms with Crippen LogP contribution < -0.4 is 5.32 Å². The normalized spacial score (nSPS) is 11.0. The van der Waals surface area contributed by atoms with Crippen LogP contribution in [0.3, 0.4) is 0 Å². The van der Waals surface area contributed by atoms with Gasteiger partial charge in [-0.3, -0.25) is 5.10 Å². The fourth-order valence-electron chi connectivity index (χ4n) is 0.835. The lowest BCUT2D eigenvalue weighted by molar-refractivity contribution is 0.891. The Bertz CT molecular complexity index is 335. The molecule has 0 fully saturated rings. The van der Waals surface area contributed by atoms with E-state index in [0.717, 1.165) is 0 Å². The predicted octanol–water partition coefficient (Wildman–Crippen LogP) is 2.45. The number of aromatic nitrogens is 2. The summed E-state index contributed by atoms with van der Waals surface area (Å²) in [6.07, 6.45) is 1.78. The topological polar surface area (TPSA) is 64.5 Å². The lowest BCUT2D eigenvalue weighted by atomic mass is 10.3. The van der Waals surface area contributed by atoms with Crippen LogP contribution in [-0.2, 0) is 0 Å². The van der Waals surface area contributed by atoms with Crippen LogP contribution in [0, 0.1) is 11.3 Å². The van der Waals surface area contributed by atoms with Gasteiger partial charge in [0.05, 0.1) is 6.20 Å². The summed E-state index contributed by atoms with van der Waals surface area (Å²) in [5.41, 5.74) is 0.439. The molecule has 7 heteroatoms. The van der Waals surface area contributed by atoms with E-state index in [-0.39, 0.29) is 0 Å². The Kier molecular flexibility index (Phi) is 3.87. The highest BCUT2D eigenvalue weighted by atomic mass is 35.6. The minimum absolute atomic E-state index is 0.349. The molecule has 0 bridgehead atoms. The highest BCUT2D eigenvalue weighted by Crippen LogP contribution is 2.29. The van der Waals surface area contributed by atoms with E-state index < -0.39 is 3.79 Å². The van der Waals surface area contributed by atoms with Crippen molar-refractivity contribution in [2.24, 2.45) is 0 Å². The fraction of sp³-hybridized carbons (Fsp3) is 0.429. The number of H-pyrrole nitrogens is 1. The van der Waals surface area contributed by atoms with Gasteiger partial charge in [0, 0.05) is 13.0 Å². The van der Waals surface area contributed by atoms with Crippen molar-refractivity contribution in [2.75, 3.05) is 11.9 Å². The Hall–Kier alpha value is -0.630. The van der Waals surface area contributed by atoms with Crippen LogP contribution in [0.1, 0.15) is 12.0 Å². The molecule has 76 valence electrons. The second kappa shape index (κ2) is 4.74. The van der Waals surface area contributed by atoms with Gasteiger partial charge in [-0.15, -0.1) is 0 Å². The molecule has 0 radical (unpaired) electrons. The van der Waals surface area contributed by atoms with E-state index in [9.17, 15) is 0 Å². The van der Waals surface area contributed by atoms with Gasteiger partial charge < -0.3 is 5.32 Å². The zero-order chi connectivity index (χ0) is 10.6. The van der Waals surface area contributed by atoms with Gasteiger partial charge in [-0.05, 0) is 0 Å². The van der Waals surface area contributed by atoms with E-state index in [1.807, 2.05) is 6.07 Å². The number of rotatable bonds is 3. The molecule has 1 aromatic heterocycles. The minimum atomic E-state index is -1.28. The SMILES string of the molecule is N#Cc1cn[nH]c1NCCC(Cl)(Cl)Cl. The average molecular weight is 254 g/mol. The molecular weight excluding hydrogens is 246 g/mol. The van der Waals surface area contributed by atoms with Crippen LogP contribution in [0.2, 0.25) is 0 Å². The number of hydrogen-bond acceptors (Lipinski definition) is 3. The van der Waals surface area contributed by atoms with Crippen molar-refractivity contribution in [2.45, 2.75) is 10.2 Å². The Morgan fingerprint density at radius 2 is 2.29 bits per heavy atom. The number of nitrogens with one attached hydrogen (secondary N) is 2. The van der Waals surface area contributed by atoms with Gasteiger partial charge in [-0.2, -0.15) is 10.4 Å². The minimum Gasteiger partial charge on any atom is -0.369 e. The van der Waals surface area contributed by atoms with E-state index in [2.05, 4.69) is 15.5 Å². The van der Waals surface area contributed by atoms with Crippen molar-refractivity contribution >= 4 is 40.6 Å². The molecule has 14 heavy (non-hydrogen) atoms. The Balaban J connectivity index is 2.43. The van der Waals surface area contributed by atoms with E-state index >= 15 is 0 Å². The zero-order valence-electron chi connectivity index (χ0n) is 7.02. The third kappa shape index (κ3) is 3.62. The third-order valence-electron chi connectivity index (χ3n) is 1.47. The summed E-state index contributed by atoms with van der Waals surface area (Å²) in [5, 5.41) is 17.9. The lowest BCUT2D eigenvalue weighted by Gasteiger charge is -2.10. The van der Waals surface area contributed by atoms with E-state index in [1.165, 1.54) is 6.20 Å². The highest BCUT2D eigenvalue weighted by molar-refractivity contribution is 6.67. The number of nitrogens with zero attached hydrogens (tertiary/aromatic N) is 2. The van der Waals surface area contributed by atoms with Crippen molar-refractivity contribution < 1.29 is 0 Å². The molecule has 2 N–H and O–H groups in total. The molecule has 0 aliphatic carbocycles. The van der Waals surface area contributed by atoms with E-state index in [4.69, 9.17) is 40.1 Å². The summed E-state index contributed by atoms with van der Waals surface area (Å²) >= 11 is 16.6. The molecule has 1 rings (SSSR count). The molecule has 1 heterocycles. The van der Waals surface area contributed by atoms with Gasteiger partial charge in [0.2, 0.25) is 0 Å². The van der Waals surface area contributed by atoms with Crippen molar-refractivity contribution in [3.05, 3.63) is 11.8 Å². The van der Waals surface area contributed by atoms with Crippen molar-refractivity contribution in [1.82, 2.24) is 10.2 Å². The second-order valence-corrected chi connectivity index (χ2v) is 5.08. The standard InChI is InChI=1S/C7H7Cl3N4/c8-7(9,10)1-2-12-6-5(3-11)4-13-14-6/h4H,1-2H2,(H2,12,13,14). The quantitative estimate of drug-likeness (QED) is 0.813. The number of hydrogen-bond donors (Lipinski definition) is 2. The summed E-state index contributed by atoms with van der Waals surface area (Å²) in [6.45, 7) is 0.452. The molecule has 0 spiro atoms. The molecule has 1 aromatic rings. The van der Waals surface area contributed by atoms with E-state index in [0.29, 0.717) is 24.3 Å². The maximum Gasteiger partial charge on any atom is 0.192 e. The first kappa shape index (κ1) is 11.4. The summed E-state index contributed by atoms with van der Waals surface area (Å²) in [5.74, 6) is 0.543. The van der Waals surface area contributed by atoms with Crippen LogP contribution >= 0.6 is 34.8 Å². The first-order valence-electron chi connectivity index (χ1n) is 3.77. The number of alkyl halides is 3. The Morgan fingerprint density at radius 1 is 1.57 bits per heavy atom. The molecule has 0 saturated carbocycles. The second-order valence-electron chi connectivity index (χ2n) is 2.56. The highest BCUT2D eigenvalue weighted by Gasteiger charge is 2.18. The number of halogens is 3. The van der Waals surface area contributed by atoms with Crippen LogP contribution in [0.25, 0.3) is 0 Å². The smallest absolute Gasteiger partial charge is 0.192 e. The van der Waals surface area contributed by atoms with E-state index in [1.54, 1.807) is 0 Å². The summed E-state index contributed by atoms with van der Waals surface area (Å²) in [4.78, 5) is 0. The maximum atomic E-state index is 8.64. The molecule has 0 atom stereocenters. The number of aromatic amines is 1. The predicted molar refractivity (Wildman–Crippen MR) is 56.7 cm³/mol. The summed E-state index contributed by atoms with van der Waals surface area (Å²) < 4.78 is -1.28. The lowest BCUT2D eigenvalue weighted by Crippen LogP contribution is -2.12. The van der Waals surface area contributed by atoms with Crippen LogP contribution in [0.15, 0.2) is 6.20 Å². The zero-order valence-corrected chi connectivity index (χ0v) is 9.29.